The summed E-state index contributed by atoms with van der Waals surface area (Å²) in [6.07, 6.45) is 5.81. The van der Waals surface area contributed by atoms with Crippen molar-refractivity contribution in [1.82, 2.24) is 10.3 Å². The van der Waals surface area contributed by atoms with Crippen molar-refractivity contribution in [2.24, 2.45) is 5.92 Å². The number of hydrogen-bond donors (Lipinski definition) is 2. The molecule has 1 aliphatic carbocycles. The smallest absolute Gasteiger partial charge is 0.253 e. The van der Waals surface area contributed by atoms with Crippen molar-refractivity contribution >= 4 is 29.0 Å². The first-order valence-corrected chi connectivity index (χ1v) is 10.3. The van der Waals surface area contributed by atoms with E-state index < -0.39 is 0 Å². The second kappa shape index (κ2) is 8.81. The van der Waals surface area contributed by atoms with Crippen molar-refractivity contribution < 1.29 is 9.53 Å². The van der Waals surface area contributed by atoms with Crippen molar-refractivity contribution in [1.29, 1.82) is 5.26 Å². The highest BCUT2D eigenvalue weighted by Crippen LogP contribution is 2.42. The number of halogens is 1. The molecule has 0 bridgehead atoms. The summed E-state index contributed by atoms with van der Waals surface area (Å²) >= 11 is 6.11. The van der Waals surface area contributed by atoms with Gasteiger partial charge in [0.1, 0.15) is 11.9 Å². The van der Waals surface area contributed by atoms with E-state index in [1.54, 1.807) is 24.4 Å². The van der Waals surface area contributed by atoms with E-state index in [0.717, 1.165) is 50.1 Å². The fourth-order valence-electron chi connectivity index (χ4n) is 3.58. The fourth-order valence-corrected chi connectivity index (χ4v) is 3.80. The molecule has 0 spiro atoms. The number of hydrogen-bond acceptors (Lipinski definition) is 5. The maximum Gasteiger partial charge on any atom is 0.253 e. The van der Waals surface area contributed by atoms with Crippen LogP contribution in [0.1, 0.15) is 53.1 Å². The van der Waals surface area contributed by atoms with Crippen molar-refractivity contribution in [2.45, 2.75) is 31.6 Å². The summed E-state index contributed by atoms with van der Waals surface area (Å²) in [5.41, 5.74) is 2.87. The molecule has 1 saturated heterocycles. The molecule has 1 amide bonds. The molecule has 2 heterocycles. The van der Waals surface area contributed by atoms with Crippen molar-refractivity contribution in [2.75, 3.05) is 25.1 Å². The third-order valence-corrected chi connectivity index (χ3v) is 5.76. The summed E-state index contributed by atoms with van der Waals surface area (Å²) < 4.78 is 5.38. The lowest BCUT2D eigenvalue weighted by Gasteiger charge is -2.22. The zero-order valence-electron chi connectivity index (χ0n) is 16.1. The summed E-state index contributed by atoms with van der Waals surface area (Å²) in [6.45, 7) is 2.22. The predicted octanol–water partition coefficient (Wildman–Crippen LogP) is 4.38. The fraction of sp³-hybridized carbons (Fsp3) is 0.409. The molecular formula is C22H23ClN4O2. The van der Waals surface area contributed by atoms with Gasteiger partial charge in [-0.25, -0.2) is 4.98 Å². The lowest BCUT2D eigenvalue weighted by molar-refractivity contribution is 0.0642. The normalized spacial score (nSPS) is 16.8. The van der Waals surface area contributed by atoms with Crippen LogP contribution in [-0.4, -0.2) is 30.6 Å². The third-order valence-electron chi connectivity index (χ3n) is 5.45. The molecule has 29 heavy (non-hydrogen) atoms. The predicted molar refractivity (Wildman–Crippen MR) is 112 cm³/mol. The molecular weight excluding hydrogens is 388 g/mol. The standard InChI is InChI=1S/C22H23ClN4O2/c23-20-9-17(4-3-16(20)11-24)27-21-10-18(15-1-2-15)19(13-25-21)22(28)26-12-14-5-7-29-8-6-14/h3-4,9-10,13-15H,1-2,5-8,12H2,(H,25,27)(H,26,28). The summed E-state index contributed by atoms with van der Waals surface area (Å²) in [7, 11) is 0. The molecule has 150 valence electrons. The minimum Gasteiger partial charge on any atom is -0.381 e. The second-order valence-electron chi connectivity index (χ2n) is 7.63. The molecule has 6 nitrogen and oxygen atoms in total. The minimum atomic E-state index is -0.0566. The van der Waals surface area contributed by atoms with E-state index in [4.69, 9.17) is 21.6 Å². The van der Waals surface area contributed by atoms with Gasteiger partial charge in [0.25, 0.3) is 5.91 Å². The van der Waals surface area contributed by atoms with Gasteiger partial charge >= 0.3 is 0 Å². The minimum absolute atomic E-state index is 0.0566. The molecule has 1 aromatic carbocycles. The van der Waals surface area contributed by atoms with Gasteiger partial charge in [-0.3, -0.25) is 4.79 Å². The van der Waals surface area contributed by atoms with Gasteiger partial charge in [-0.05, 0) is 67.3 Å². The quantitative estimate of drug-likeness (QED) is 0.737. The second-order valence-corrected chi connectivity index (χ2v) is 8.04. The zero-order chi connectivity index (χ0) is 20.2. The van der Waals surface area contributed by atoms with Crippen LogP contribution in [0.5, 0.6) is 0 Å². The van der Waals surface area contributed by atoms with E-state index in [0.29, 0.717) is 40.3 Å². The number of rotatable bonds is 6. The number of nitrogens with zero attached hydrogens (tertiary/aromatic N) is 2. The summed E-state index contributed by atoms with van der Waals surface area (Å²) in [6, 6.07) is 9.16. The Morgan fingerprint density at radius 2 is 2.03 bits per heavy atom. The maximum absolute atomic E-state index is 12.8. The van der Waals surface area contributed by atoms with E-state index in [1.807, 2.05) is 12.1 Å². The molecule has 2 aromatic rings. The Balaban J connectivity index is 1.47. The van der Waals surface area contributed by atoms with Gasteiger partial charge in [-0.15, -0.1) is 0 Å². The number of carbonyl (C=O) groups excluding carboxylic acids is 1. The summed E-state index contributed by atoms with van der Waals surface area (Å²) in [5, 5.41) is 15.7. The largest absolute Gasteiger partial charge is 0.381 e. The Bertz CT molecular complexity index is 946. The molecule has 0 radical (unpaired) electrons. The van der Waals surface area contributed by atoms with Gasteiger partial charge in [0, 0.05) is 31.6 Å². The SMILES string of the molecule is N#Cc1ccc(Nc2cc(C3CC3)c(C(=O)NCC3CCOCC3)cn2)cc1Cl. The summed E-state index contributed by atoms with van der Waals surface area (Å²) in [5.74, 6) is 1.49. The number of nitriles is 1. The number of benzene rings is 1. The van der Waals surface area contributed by atoms with Crippen molar-refractivity contribution in [3.63, 3.8) is 0 Å². The molecule has 2 fully saturated rings. The van der Waals surface area contributed by atoms with Gasteiger partial charge in [0.05, 0.1) is 16.1 Å². The Hall–Kier alpha value is -2.62. The maximum atomic E-state index is 12.8. The zero-order valence-corrected chi connectivity index (χ0v) is 16.8. The third kappa shape index (κ3) is 4.87. The van der Waals surface area contributed by atoms with E-state index in [2.05, 4.69) is 15.6 Å². The first-order valence-electron chi connectivity index (χ1n) is 9.96. The Morgan fingerprint density at radius 3 is 2.72 bits per heavy atom. The van der Waals surface area contributed by atoms with Crippen LogP contribution in [0.2, 0.25) is 5.02 Å². The van der Waals surface area contributed by atoms with Gasteiger partial charge in [-0.1, -0.05) is 11.6 Å². The number of nitrogens with one attached hydrogen (secondary N) is 2. The van der Waals surface area contributed by atoms with E-state index in [9.17, 15) is 4.79 Å². The van der Waals surface area contributed by atoms with Gasteiger partial charge in [-0.2, -0.15) is 5.26 Å². The Labute approximate surface area is 175 Å². The molecule has 1 aliphatic heterocycles. The molecule has 0 unspecified atom stereocenters. The summed E-state index contributed by atoms with van der Waals surface area (Å²) in [4.78, 5) is 17.2. The Morgan fingerprint density at radius 1 is 1.24 bits per heavy atom. The van der Waals surface area contributed by atoms with Crippen LogP contribution in [0.15, 0.2) is 30.5 Å². The molecule has 2 aliphatic rings. The molecule has 1 saturated carbocycles. The lowest BCUT2D eigenvalue weighted by Crippen LogP contribution is -2.32. The number of aromatic nitrogens is 1. The van der Waals surface area contributed by atoms with Crippen molar-refractivity contribution in [3.8, 4) is 6.07 Å². The molecule has 4 rings (SSSR count). The van der Waals surface area contributed by atoms with Crippen LogP contribution in [0, 0.1) is 17.2 Å². The highest BCUT2D eigenvalue weighted by atomic mass is 35.5. The van der Waals surface area contributed by atoms with E-state index >= 15 is 0 Å². The van der Waals surface area contributed by atoms with Crippen LogP contribution in [0.25, 0.3) is 0 Å². The van der Waals surface area contributed by atoms with Crippen LogP contribution in [0.4, 0.5) is 11.5 Å². The van der Waals surface area contributed by atoms with Crippen molar-refractivity contribution in [3.05, 3.63) is 52.2 Å². The number of pyridine rings is 1. The van der Waals surface area contributed by atoms with Gasteiger partial charge in [0.2, 0.25) is 0 Å². The van der Waals surface area contributed by atoms with Gasteiger partial charge in [0.15, 0.2) is 0 Å². The average molecular weight is 411 g/mol. The highest BCUT2D eigenvalue weighted by Gasteiger charge is 2.29. The molecule has 1 aromatic heterocycles. The highest BCUT2D eigenvalue weighted by molar-refractivity contribution is 6.32. The van der Waals surface area contributed by atoms with Crippen LogP contribution >= 0.6 is 11.6 Å². The number of carbonyl (C=O) groups is 1. The number of anilines is 2. The first kappa shape index (κ1) is 19.7. The average Bonchev–Trinajstić information content (AvgIpc) is 3.58. The van der Waals surface area contributed by atoms with Gasteiger partial charge < -0.3 is 15.4 Å². The molecule has 2 N–H and O–H groups in total. The van der Waals surface area contributed by atoms with Crippen LogP contribution in [0.3, 0.4) is 0 Å². The van der Waals surface area contributed by atoms with Crippen LogP contribution < -0.4 is 10.6 Å². The van der Waals surface area contributed by atoms with E-state index in [-0.39, 0.29) is 5.91 Å². The monoisotopic (exact) mass is 410 g/mol. The molecule has 7 heteroatoms. The lowest BCUT2D eigenvalue weighted by atomic mass is 10.00. The topological polar surface area (TPSA) is 87.0 Å². The van der Waals surface area contributed by atoms with E-state index in [1.165, 1.54) is 0 Å². The molecule has 0 atom stereocenters. The number of amides is 1. The first-order chi connectivity index (χ1) is 14.1. The van der Waals surface area contributed by atoms with Crippen LogP contribution in [-0.2, 0) is 4.74 Å². The number of ether oxygens (including phenoxy) is 1. The Kier molecular flexibility index (Phi) is 5.98.